The summed E-state index contributed by atoms with van der Waals surface area (Å²) in [5.41, 5.74) is 2.55. The molecule has 0 saturated heterocycles. The van der Waals surface area contributed by atoms with Gasteiger partial charge >= 0.3 is 0 Å². The quantitative estimate of drug-likeness (QED) is 0.812. The van der Waals surface area contributed by atoms with E-state index < -0.39 is 0 Å². The van der Waals surface area contributed by atoms with Gasteiger partial charge in [0.1, 0.15) is 0 Å². The van der Waals surface area contributed by atoms with Crippen molar-refractivity contribution in [1.29, 1.82) is 5.26 Å². The standard InChI is InChI=1S/C17H24N2/c1-4-19(16-7-5-6-13(2)10-16)17-11-14(3)8-9-15(17)12-18/h5-7,10,14-15,17H,4,8-9,11H2,1-3H3. The third-order valence-electron chi connectivity index (χ3n) is 4.32. The molecular formula is C17H24N2. The number of nitriles is 1. The summed E-state index contributed by atoms with van der Waals surface area (Å²) in [6.07, 6.45) is 3.38. The largest absolute Gasteiger partial charge is 0.367 e. The summed E-state index contributed by atoms with van der Waals surface area (Å²) in [7, 11) is 0. The number of hydrogen-bond donors (Lipinski definition) is 0. The summed E-state index contributed by atoms with van der Waals surface area (Å²) < 4.78 is 0. The highest BCUT2D eigenvalue weighted by atomic mass is 15.2. The number of nitrogens with zero attached hydrogens (tertiary/aromatic N) is 2. The van der Waals surface area contributed by atoms with E-state index in [4.69, 9.17) is 0 Å². The van der Waals surface area contributed by atoms with Gasteiger partial charge < -0.3 is 4.90 Å². The highest BCUT2D eigenvalue weighted by Gasteiger charge is 2.32. The SMILES string of the molecule is CCN(c1cccc(C)c1)C1CC(C)CCC1C#N. The van der Waals surface area contributed by atoms with Crippen LogP contribution in [0.25, 0.3) is 0 Å². The van der Waals surface area contributed by atoms with Crippen LogP contribution in [0.15, 0.2) is 24.3 Å². The van der Waals surface area contributed by atoms with Crippen LogP contribution in [0.4, 0.5) is 5.69 Å². The lowest BCUT2D eigenvalue weighted by Gasteiger charge is -2.40. The van der Waals surface area contributed by atoms with Gasteiger partial charge in [0.05, 0.1) is 12.0 Å². The van der Waals surface area contributed by atoms with Gasteiger partial charge in [0.15, 0.2) is 0 Å². The average Bonchev–Trinajstić information content (AvgIpc) is 2.40. The molecule has 2 heteroatoms. The number of aryl methyl sites for hydroxylation is 1. The number of benzene rings is 1. The fourth-order valence-electron chi connectivity index (χ4n) is 3.26. The Hall–Kier alpha value is -1.49. The molecule has 0 N–H and O–H groups in total. The molecule has 2 nitrogen and oxygen atoms in total. The molecule has 1 aromatic carbocycles. The van der Waals surface area contributed by atoms with Crippen molar-refractivity contribution in [3.05, 3.63) is 29.8 Å². The van der Waals surface area contributed by atoms with E-state index >= 15 is 0 Å². The first-order valence-electron chi connectivity index (χ1n) is 7.38. The number of hydrogen-bond acceptors (Lipinski definition) is 2. The molecule has 2 rings (SSSR count). The van der Waals surface area contributed by atoms with Crippen LogP contribution in [0.3, 0.4) is 0 Å². The van der Waals surface area contributed by atoms with E-state index in [0.717, 1.165) is 25.3 Å². The Morgan fingerprint density at radius 1 is 1.37 bits per heavy atom. The number of anilines is 1. The second-order valence-corrected chi connectivity index (χ2v) is 5.85. The first-order chi connectivity index (χ1) is 9.15. The highest BCUT2D eigenvalue weighted by molar-refractivity contribution is 5.49. The second kappa shape index (κ2) is 6.10. The predicted octanol–water partition coefficient (Wildman–Crippen LogP) is 4.15. The maximum Gasteiger partial charge on any atom is 0.0677 e. The van der Waals surface area contributed by atoms with E-state index in [1.165, 1.54) is 17.7 Å². The molecule has 1 saturated carbocycles. The van der Waals surface area contributed by atoms with Crippen LogP contribution < -0.4 is 4.90 Å². The van der Waals surface area contributed by atoms with Crippen molar-refractivity contribution in [2.45, 2.75) is 46.1 Å². The van der Waals surface area contributed by atoms with Crippen LogP contribution in [0, 0.1) is 30.1 Å². The van der Waals surface area contributed by atoms with Crippen molar-refractivity contribution in [2.75, 3.05) is 11.4 Å². The Bertz CT molecular complexity index is 461. The van der Waals surface area contributed by atoms with Crippen molar-refractivity contribution >= 4 is 5.69 Å². The first kappa shape index (κ1) is 13.9. The molecule has 0 heterocycles. The molecule has 0 amide bonds. The third kappa shape index (κ3) is 3.10. The van der Waals surface area contributed by atoms with Crippen molar-refractivity contribution in [2.24, 2.45) is 11.8 Å². The topological polar surface area (TPSA) is 27.0 Å². The van der Waals surface area contributed by atoms with E-state index in [1.807, 2.05) is 0 Å². The van der Waals surface area contributed by atoms with Gasteiger partial charge in [-0.3, -0.25) is 0 Å². The molecule has 1 fully saturated rings. The lowest BCUT2D eigenvalue weighted by atomic mass is 9.78. The molecule has 0 spiro atoms. The molecule has 3 atom stereocenters. The highest BCUT2D eigenvalue weighted by Crippen LogP contribution is 2.34. The van der Waals surface area contributed by atoms with Gasteiger partial charge in [-0.1, -0.05) is 19.1 Å². The minimum absolute atomic E-state index is 0.177. The Kier molecular flexibility index (Phi) is 4.47. The lowest BCUT2D eigenvalue weighted by Crippen LogP contribution is -2.44. The smallest absolute Gasteiger partial charge is 0.0677 e. The summed E-state index contributed by atoms with van der Waals surface area (Å²) in [5.74, 6) is 0.908. The zero-order valence-corrected chi connectivity index (χ0v) is 12.3. The molecular weight excluding hydrogens is 232 g/mol. The lowest BCUT2D eigenvalue weighted by molar-refractivity contribution is 0.282. The Morgan fingerprint density at radius 3 is 2.79 bits per heavy atom. The first-order valence-corrected chi connectivity index (χ1v) is 7.38. The van der Waals surface area contributed by atoms with E-state index in [-0.39, 0.29) is 5.92 Å². The van der Waals surface area contributed by atoms with Crippen LogP contribution in [0.1, 0.15) is 38.7 Å². The molecule has 1 aliphatic rings. The van der Waals surface area contributed by atoms with Crippen LogP contribution in [-0.2, 0) is 0 Å². The molecule has 0 radical (unpaired) electrons. The van der Waals surface area contributed by atoms with Crippen molar-refractivity contribution in [3.8, 4) is 6.07 Å². The van der Waals surface area contributed by atoms with Crippen LogP contribution in [-0.4, -0.2) is 12.6 Å². The monoisotopic (exact) mass is 256 g/mol. The summed E-state index contributed by atoms with van der Waals surface area (Å²) in [4.78, 5) is 2.43. The second-order valence-electron chi connectivity index (χ2n) is 5.85. The van der Waals surface area contributed by atoms with Gasteiger partial charge in [0.2, 0.25) is 0 Å². The Morgan fingerprint density at radius 2 is 2.16 bits per heavy atom. The minimum Gasteiger partial charge on any atom is -0.367 e. The molecule has 19 heavy (non-hydrogen) atoms. The minimum atomic E-state index is 0.177. The molecule has 0 bridgehead atoms. The normalized spacial score (nSPS) is 26.7. The summed E-state index contributed by atoms with van der Waals surface area (Å²) in [6, 6.07) is 11.6. The van der Waals surface area contributed by atoms with Gasteiger partial charge in [-0.05, 0) is 56.7 Å². The van der Waals surface area contributed by atoms with Crippen molar-refractivity contribution < 1.29 is 0 Å². The average molecular weight is 256 g/mol. The van der Waals surface area contributed by atoms with Crippen LogP contribution in [0.2, 0.25) is 0 Å². The fraction of sp³-hybridized carbons (Fsp3) is 0.588. The zero-order chi connectivity index (χ0) is 13.8. The Labute approximate surface area is 117 Å². The molecule has 0 aliphatic heterocycles. The van der Waals surface area contributed by atoms with E-state index in [1.54, 1.807) is 0 Å². The summed E-state index contributed by atoms with van der Waals surface area (Å²) >= 11 is 0. The van der Waals surface area contributed by atoms with Gasteiger partial charge in [-0.25, -0.2) is 0 Å². The van der Waals surface area contributed by atoms with Gasteiger partial charge in [0, 0.05) is 18.3 Å². The zero-order valence-electron chi connectivity index (χ0n) is 12.3. The maximum atomic E-state index is 9.42. The van der Waals surface area contributed by atoms with E-state index in [2.05, 4.69) is 56.0 Å². The molecule has 1 aliphatic carbocycles. The van der Waals surface area contributed by atoms with Crippen molar-refractivity contribution in [1.82, 2.24) is 0 Å². The third-order valence-corrected chi connectivity index (χ3v) is 4.32. The predicted molar refractivity (Wildman–Crippen MR) is 80.1 cm³/mol. The van der Waals surface area contributed by atoms with Gasteiger partial charge in [-0.15, -0.1) is 0 Å². The molecule has 102 valence electrons. The van der Waals surface area contributed by atoms with E-state index in [0.29, 0.717) is 6.04 Å². The molecule has 3 unspecified atom stereocenters. The molecule has 0 aromatic heterocycles. The van der Waals surface area contributed by atoms with Gasteiger partial charge in [0.25, 0.3) is 0 Å². The summed E-state index contributed by atoms with van der Waals surface area (Å²) in [5, 5.41) is 9.42. The van der Waals surface area contributed by atoms with Crippen LogP contribution >= 0.6 is 0 Å². The van der Waals surface area contributed by atoms with Crippen LogP contribution in [0.5, 0.6) is 0 Å². The van der Waals surface area contributed by atoms with Gasteiger partial charge in [-0.2, -0.15) is 5.26 Å². The summed E-state index contributed by atoms with van der Waals surface area (Å²) in [6.45, 7) is 7.60. The fourth-order valence-corrected chi connectivity index (χ4v) is 3.26. The maximum absolute atomic E-state index is 9.42. The van der Waals surface area contributed by atoms with E-state index in [9.17, 15) is 5.26 Å². The Balaban J connectivity index is 2.27. The van der Waals surface area contributed by atoms with Crippen molar-refractivity contribution in [3.63, 3.8) is 0 Å². The number of rotatable bonds is 3. The molecule has 1 aromatic rings.